The molecule has 0 saturated heterocycles. The van der Waals surface area contributed by atoms with E-state index in [-0.39, 0.29) is 5.91 Å². The summed E-state index contributed by atoms with van der Waals surface area (Å²) in [6, 6.07) is 11.7. The van der Waals surface area contributed by atoms with Crippen molar-refractivity contribution in [2.75, 3.05) is 6.54 Å². The zero-order valence-corrected chi connectivity index (χ0v) is 18.2. The van der Waals surface area contributed by atoms with Gasteiger partial charge in [-0.25, -0.2) is 9.78 Å². The van der Waals surface area contributed by atoms with Gasteiger partial charge in [0.1, 0.15) is 0 Å². The van der Waals surface area contributed by atoms with Crippen molar-refractivity contribution in [1.29, 1.82) is 0 Å². The molecule has 0 saturated carbocycles. The van der Waals surface area contributed by atoms with Gasteiger partial charge in [-0.2, -0.15) is 0 Å². The maximum atomic E-state index is 13.3. The maximum Gasteiger partial charge on any atom is 0.339 e. The van der Waals surface area contributed by atoms with Crippen molar-refractivity contribution in [3.8, 4) is 0 Å². The van der Waals surface area contributed by atoms with E-state index in [1.807, 2.05) is 35.7 Å². The first kappa shape index (κ1) is 21.0. The largest absolute Gasteiger partial charge is 0.449 e. The number of esters is 1. The van der Waals surface area contributed by atoms with Crippen LogP contribution < -0.4 is 5.32 Å². The van der Waals surface area contributed by atoms with Crippen molar-refractivity contribution in [1.82, 2.24) is 10.3 Å². The Morgan fingerprint density at radius 1 is 1.26 bits per heavy atom. The number of para-hydroxylation sites is 1. The van der Waals surface area contributed by atoms with Gasteiger partial charge in [0.05, 0.1) is 16.8 Å². The number of hydrogen-bond donors (Lipinski definition) is 1. The Labute approximate surface area is 185 Å². The van der Waals surface area contributed by atoms with E-state index in [2.05, 4.69) is 24.0 Å². The molecule has 0 unspecified atom stereocenters. The second kappa shape index (κ2) is 9.27. The lowest BCUT2D eigenvalue weighted by atomic mass is 9.86. The zero-order valence-electron chi connectivity index (χ0n) is 17.4. The molecule has 2 heterocycles. The fourth-order valence-electron chi connectivity index (χ4n) is 3.84. The summed E-state index contributed by atoms with van der Waals surface area (Å²) < 4.78 is 5.58. The highest BCUT2D eigenvalue weighted by Crippen LogP contribution is 2.37. The third kappa shape index (κ3) is 4.44. The average Bonchev–Trinajstić information content (AvgIpc) is 3.29. The second-order valence-corrected chi connectivity index (χ2v) is 8.43. The van der Waals surface area contributed by atoms with Crippen molar-refractivity contribution >= 4 is 45.8 Å². The summed E-state index contributed by atoms with van der Waals surface area (Å²) in [6.07, 6.45) is 5.42. The van der Waals surface area contributed by atoms with Crippen LogP contribution in [0, 0.1) is 0 Å². The van der Waals surface area contributed by atoms with Gasteiger partial charge in [0, 0.05) is 16.8 Å². The SMILES string of the molecule is C=CCNC(=O)[C@H](C)OC(=O)c1c2c(nc3ccccc13)/C(=C/c1cccs1)CCC2. The topological polar surface area (TPSA) is 68.3 Å². The smallest absolute Gasteiger partial charge is 0.339 e. The van der Waals surface area contributed by atoms with Gasteiger partial charge in [0.25, 0.3) is 5.91 Å². The molecular weight excluding hydrogens is 408 g/mol. The molecule has 3 aromatic rings. The number of carbonyl (C=O) groups is 2. The Hall–Kier alpha value is -3.25. The molecule has 1 aliphatic carbocycles. The summed E-state index contributed by atoms with van der Waals surface area (Å²) in [7, 11) is 0. The number of fused-ring (bicyclic) bond motifs is 2. The van der Waals surface area contributed by atoms with Crippen LogP contribution in [-0.4, -0.2) is 29.5 Å². The number of nitrogens with zero attached hydrogens (tertiary/aromatic N) is 1. The Morgan fingerprint density at radius 3 is 2.87 bits per heavy atom. The first-order chi connectivity index (χ1) is 15.1. The molecule has 0 bridgehead atoms. The first-order valence-electron chi connectivity index (χ1n) is 10.3. The Bertz CT molecular complexity index is 1160. The van der Waals surface area contributed by atoms with Gasteiger partial charge in [0.15, 0.2) is 6.10 Å². The van der Waals surface area contributed by atoms with E-state index in [0.717, 1.165) is 51.9 Å². The molecule has 4 rings (SSSR count). The van der Waals surface area contributed by atoms with Crippen LogP contribution in [0.3, 0.4) is 0 Å². The molecule has 0 fully saturated rings. The van der Waals surface area contributed by atoms with Gasteiger partial charge in [-0.1, -0.05) is 30.3 Å². The summed E-state index contributed by atoms with van der Waals surface area (Å²) >= 11 is 1.68. The van der Waals surface area contributed by atoms with Crippen LogP contribution in [0.4, 0.5) is 0 Å². The van der Waals surface area contributed by atoms with Crippen molar-refractivity contribution in [3.63, 3.8) is 0 Å². The van der Waals surface area contributed by atoms with Crippen LogP contribution in [0.25, 0.3) is 22.6 Å². The van der Waals surface area contributed by atoms with E-state index in [1.54, 1.807) is 24.3 Å². The normalized spacial score (nSPS) is 15.3. The fourth-order valence-corrected chi connectivity index (χ4v) is 4.52. The van der Waals surface area contributed by atoms with E-state index >= 15 is 0 Å². The van der Waals surface area contributed by atoms with E-state index in [4.69, 9.17) is 9.72 Å². The molecule has 1 aliphatic rings. The highest BCUT2D eigenvalue weighted by atomic mass is 32.1. The number of ether oxygens (including phenoxy) is 1. The van der Waals surface area contributed by atoms with Gasteiger partial charge >= 0.3 is 5.97 Å². The molecule has 0 spiro atoms. The minimum Gasteiger partial charge on any atom is -0.449 e. The monoisotopic (exact) mass is 432 g/mol. The molecule has 0 aliphatic heterocycles. The predicted molar refractivity (Wildman–Crippen MR) is 125 cm³/mol. The number of pyridine rings is 1. The lowest BCUT2D eigenvalue weighted by Gasteiger charge is -2.23. The molecule has 1 N–H and O–H groups in total. The van der Waals surface area contributed by atoms with Crippen LogP contribution in [0.1, 0.15) is 46.3 Å². The van der Waals surface area contributed by atoms with Gasteiger partial charge in [-0.3, -0.25) is 4.79 Å². The third-order valence-corrected chi connectivity index (χ3v) is 6.13. The maximum absolute atomic E-state index is 13.3. The first-order valence-corrected chi connectivity index (χ1v) is 11.2. The van der Waals surface area contributed by atoms with E-state index in [0.29, 0.717) is 12.1 Å². The number of carbonyl (C=O) groups excluding carboxylic acids is 2. The van der Waals surface area contributed by atoms with Crippen molar-refractivity contribution in [2.45, 2.75) is 32.3 Å². The van der Waals surface area contributed by atoms with Crippen LogP contribution in [-0.2, 0) is 16.0 Å². The number of benzene rings is 1. The molecule has 0 radical (unpaired) electrons. The molecule has 1 aromatic carbocycles. The molecule has 1 atom stereocenters. The standard InChI is InChI=1S/C25H24N2O3S/c1-3-13-26-24(28)16(2)30-25(29)22-19-10-4-5-12-21(19)27-23-17(8-6-11-20(22)23)15-18-9-7-14-31-18/h3-5,7,9-10,12,14-16H,1,6,8,11,13H2,2H3,(H,26,28)/b17-15+/t16-/m0/s1. The lowest BCUT2D eigenvalue weighted by Crippen LogP contribution is -2.36. The lowest BCUT2D eigenvalue weighted by molar-refractivity contribution is -0.128. The number of rotatable bonds is 6. The fraction of sp³-hybridized carbons (Fsp3) is 0.240. The van der Waals surface area contributed by atoms with Crippen LogP contribution >= 0.6 is 11.3 Å². The third-order valence-electron chi connectivity index (χ3n) is 5.31. The van der Waals surface area contributed by atoms with Crippen molar-refractivity contribution in [3.05, 3.63) is 76.1 Å². The number of nitrogens with one attached hydrogen (secondary N) is 1. The van der Waals surface area contributed by atoms with Gasteiger partial charge in [-0.15, -0.1) is 17.9 Å². The zero-order chi connectivity index (χ0) is 21.8. The van der Waals surface area contributed by atoms with Gasteiger partial charge in [0.2, 0.25) is 0 Å². The van der Waals surface area contributed by atoms with Crippen LogP contribution in [0.15, 0.2) is 54.4 Å². The number of amides is 1. The predicted octanol–water partition coefficient (Wildman–Crippen LogP) is 5.02. The van der Waals surface area contributed by atoms with Crippen molar-refractivity contribution in [2.24, 2.45) is 0 Å². The van der Waals surface area contributed by atoms with Crippen LogP contribution in [0.2, 0.25) is 0 Å². The van der Waals surface area contributed by atoms with E-state index in [1.165, 1.54) is 0 Å². The minimum absolute atomic E-state index is 0.325. The summed E-state index contributed by atoms with van der Waals surface area (Å²) in [5.41, 5.74) is 4.14. The molecule has 5 nitrogen and oxygen atoms in total. The summed E-state index contributed by atoms with van der Waals surface area (Å²) in [5, 5.41) is 5.47. The number of thiophene rings is 1. The number of aromatic nitrogens is 1. The summed E-state index contributed by atoms with van der Waals surface area (Å²) in [6.45, 7) is 5.48. The molecule has 6 heteroatoms. The molecule has 1 amide bonds. The Balaban J connectivity index is 1.77. The molecule has 2 aromatic heterocycles. The Kier molecular flexibility index (Phi) is 6.28. The average molecular weight is 433 g/mol. The number of allylic oxidation sites excluding steroid dienone is 1. The highest BCUT2D eigenvalue weighted by molar-refractivity contribution is 7.10. The minimum atomic E-state index is -0.903. The molecular formula is C25H24N2O3S. The summed E-state index contributed by atoms with van der Waals surface area (Å²) in [4.78, 5) is 31.5. The van der Waals surface area contributed by atoms with E-state index < -0.39 is 12.1 Å². The number of hydrogen-bond acceptors (Lipinski definition) is 5. The van der Waals surface area contributed by atoms with Crippen molar-refractivity contribution < 1.29 is 14.3 Å². The summed E-state index contributed by atoms with van der Waals surface area (Å²) in [5.74, 6) is -0.841. The molecule has 31 heavy (non-hydrogen) atoms. The Morgan fingerprint density at radius 2 is 2.10 bits per heavy atom. The molecule has 158 valence electrons. The van der Waals surface area contributed by atoms with Gasteiger partial charge in [-0.05, 0) is 60.9 Å². The van der Waals surface area contributed by atoms with Gasteiger partial charge < -0.3 is 10.1 Å². The van der Waals surface area contributed by atoms with Crippen LogP contribution in [0.5, 0.6) is 0 Å². The van der Waals surface area contributed by atoms with E-state index in [9.17, 15) is 9.59 Å². The quantitative estimate of drug-likeness (QED) is 0.439. The highest BCUT2D eigenvalue weighted by Gasteiger charge is 2.28. The second-order valence-electron chi connectivity index (χ2n) is 7.45.